The predicted octanol–water partition coefficient (Wildman–Crippen LogP) is 5.25. The molecule has 94 valence electrons. The molecular formula is C14H18Br2O. The van der Waals surface area contributed by atoms with Crippen LogP contribution in [-0.4, -0.2) is 7.11 Å². The maximum absolute atomic E-state index is 5.50. The third kappa shape index (κ3) is 2.87. The lowest BCUT2D eigenvalue weighted by Crippen LogP contribution is -2.07. The van der Waals surface area contributed by atoms with Gasteiger partial charge >= 0.3 is 0 Å². The van der Waals surface area contributed by atoms with E-state index in [0.29, 0.717) is 10.7 Å². The largest absolute Gasteiger partial charge is 0.496 e. The van der Waals surface area contributed by atoms with Crippen LogP contribution < -0.4 is 4.74 Å². The number of ether oxygens (including phenoxy) is 1. The lowest BCUT2D eigenvalue weighted by molar-refractivity contribution is 0.401. The Hall–Kier alpha value is -0.0200. The van der Waals surface area contributed by atoms with Crippen LogP contribution in [-0.2, 0) is 0 Å². The minimum absolute atomic E-state index is 0.377. The second kappa shape index (κ2) is 5.31. The number of methoxy groups -OCH3 is 1. The first-order valence-electron chi connectivity index (χ1n) is 6.02. The monoisotopic (exact) mass is 360 g/mol. The highest BCUT2D eigenvalue weighted by molar-refractivity contribution is 9.10. The maximum Gasteiger partial charge on any atom is 0.123 e. The molecule has 3 heteroatoms. The van der Waals surface area contributed by atoms with Crippen LogP contribution >= 0.6 is 31.9 Å². The minimum Gasteiger partial charge on any atom is -0.496 e. The van der Waals surface area contributed by atoms with E-state index in [1.54, 1.807) is 7.11 Å². The molecule has 0 aromatic heterocycles. The highest BCUT2D eigenvalue weighted by atomic mass is 79.9. The normalized spacial score (nSPS) is 18.9. The Bertz CT molecular complexity index is 413. The Morgan fingerprint density at radius 3 is 2.53 bits per heavy atom. The molecule has 0 amide bonds. The summed E-state index contributed by atoms with van der Waals surface area (Å²) in [5.41, 5.74) is 2.47. The molecule has 1 aliphatic rings. The van der Waals surface area contributed by atoms with E-state index < -0.39 is 0 Å². The molecule has 17 heavy (non-hydrogen) atoms. The molecule has 0 heterocycles. The van der Waals surface area contributed by atoms with Crippen molar-refractivity contribution in [2.24, 2.45) is 11.8 Å². The second-order valence-electron chi connectivity index (χ2n) is 4.94. The van der Waals surface area contributed by atoms with E-state index in [4.69, 9.17) is 4.74 Å². The molecule has 1 aromatic carbocycles. The van der Waals surface area contributed by atoms with Crippen LogP contribution in [0.25, 0.3) is 0 Å². The van der Waals surface area contributed by atoms with Gasteiger partial charge in [0.1, 0.15) is 5.75 Å². The van der Waals surface area contributed by atoms with Crippen molar-refractivity contribution in [3.8, 4) is 5.75 Å². The number of rotatable bonds is 4. The van der Waals surface area contributed by atoms with Crippen molar-refractivity contribution in [2.75, 3.05) is 7.11 Å². The van der Waals surface area contributed by atoms with Crippen molar-refractivity contribution in [3.05, 3.63) is 27.7 Å². The first-order chi connectivity index (χ1) is 8.04. The highest BCUT2D eigenvalue weighted by Gasteiger charge is 2.34. The van der Waals surface area contributed by atoms with Gasteiger partial charge in [-0.25, -0.2) is 0 Å². The fourth-order valence-corrected chi connectivity index (χ4v) is 3.36. The summed E-state index contributed by atoms with van der Waals surface area (Å²) < 4.78 is 6.66. The Morgan fingerprint density at radius 2 is 2.00 bits per heavy atom. The third-order valence-corrected chi connectivity index (χ3v) is 5.82. The molecule has 2 rings (SSSR count). The molecule has 2 atom stereocenters. The van der Waals surface area contributed by atoms with Crippen LogP contribution in [0.15, 0.2) is 16.6 Å². The number of aryl methyl sites for hydroxylation is 1. The summed E-state index contributed by atoms with van der Waals surface area (Å²) in [5.74, 6) is 2.53. The molecule has 0 aliphatic heterocycles. The molecule has 0 saturated heterocycles. The van der Waals surface area contributed by atoms with Crippen molar-refractivity contribution in [2.45, 2.75) is 31.5 Å². The fourth-order valence-electron chi connectivity index (χ4n) is 2.21. The van der Waals surface area contributed by atoms with Gasteiger partial charge in [-0.1, -0.05) is 38.8 Å². The van der Waals surface area contributed by atoms with Gasteiger partial charge in [0, 0.05) is 14.9 Å². The number of benzene rings is 1. The lowest BCUT2D eigenvalue weighted by atomic mass is 9.95. The highest BCUT2D eigenvalue weighted by Crippen LogP contribution is 2.48. The van der Waals surface area contributed by atoms with Gasteiger partial charge in [-0.2, -0.15) is 0 Å². The van der Waals surface area contributed by atoms with Crippen LogP contribution in [0.3, 0.4) is 0 Å². The number of hydrogen-bond donors (Lipinski definition) is 0. The topological polar surface area (TPSA) is 9.23 Å². The van der Waals surface area contributed by atoms with E-state index in [-0.39, 0.29) is 0 Å². The summed E-state index contributed by atoms with van der Waals surface area (Å²) in [6.07, 6.45) is 2.75. The van der Waals surface area contributed by atoms with E-state index in [0.717, 1.165) is 16.1 Å². The lowest BCUT2D eigenvalue weighted by Gasteiger charge is -2.21. The Balaban J connectivity index is 2.32. The van der Waals surface area contributed by atoms with Gasteiger partial charge in [-0.15, -0.1) is 0 Å². The molecule has 1 aromatic rings. The van der Waals surface area contributed by atoms with Crippen LogP contribution in [0.4, 0.5) is 0 Å². The molecule has 0 spiro atoms. The van der Waals surface area contributed by atoms with Gasteiger partial charge in [0.25, 0.3) is 0 Å². The van der Waals surface area contributed by atoms with E-state index in [1.165, 1.54) is 24.0 Å². The fraction of sp³-hybridized carbons (Fsp3) is 0.571. The molecule has 1 fully saturated rings. The number of alkyl halides is 1. The van der Waals surface area contributed by atoms with Crippen molar-refractivity contribution in [1.82, 2.24) is 0 Å². The number of halogens is 2. The smallest absolute Gasteiger partial charge is 0.123 e. The zero-order valence-corrected chi connectivity index (χ0v) is 13.6. The summed E-state index contributed by atoms with van der Waals surface area (Å²) >= 11 is 7.44. The molecule has 2 unspecified atom stereocenters. The van der Waals surface area contributed by atoms with Gasteiger partial charge in [0.2, 0.25) is 0 Å². The molecule has 1 saturated carbocycles. The average molecular weight is 362 g/mol. The van der Waals surface area contributed by atoms with E-state index >= 15 is 0 Å². The minimum atomic E-state index is 0.377. The molecule has 1 nitrogen and oxygen atoms in total. The summed E-state index contributed by atoms with van der Waals surface area (Å²) in [7, 11) is 1.74. The molecule has 1 aliphatic carbocycles. The van der Waals surface area contributed by atoms with E-state index in [9.17, 15) is 0 Å². The second-order valence-corrected chi connectivity index (χ2v) is 6.78. The van der Waals surface area contributed by atoms with Gasteiger partial charge in [-0.05, 0) is 49.3 Å². The van der Waals surface area contributed by atoms with Gasteiger partial charge < -0.3 is 4.74 Å². The summed E-state index contributed by atoms with van der Waals surface area (Å²) in [4.78, 5) is 0.377. The van der Waals surface area contributed by atoms with Crippen molar-refractivity contribution in [1.29, 1.82) is 0 Å². The summed E-state index contributed by atoms with van der Waals surface area (Å²) in [6, 6.07) is 4.29. The predicted molar refractivity (Wildman–Crippen MR) is 79.0 cm³/mol. The number of hydrogen-bond acceptors (Lipinski definition) is 1. The van der Waals surface area contributed by atoms with Gasteiger partial charge in [-0.3, -0.25) is 0 Å². The SMILES string of the molecule is COc1cc(C)c(Br)cc1C(Br)C(C)C1CC1. The van der Waals surface area contributed by atoms with Gasteiger partial charge in [0.15, 0.2) is 0 Å². The summed E-state index contributed by atoms with van der Waals surface area (Å²) in [6.45, 7) is 4.41. The Kier molecular flexibility index (Phi) is 4.19. The first kappa shape index (κ1) is 13.4. The Labute approximate surface area is 120 Å². The quantitative estimate of drug-likeness (QED) is 0.665. The zero-order valence-electron chi connectivity index (χ0n) is 10.5. The van der Waals surface area contributed by atoms with E-state index in [2.05, 4.69) is 57.8 Å². The van der Waals surface area contributed by atoms with Crippen LogP contribution in [0.1, 0.15) is 35.7 Å². The average Bonchev–Trinajstić information content (AvgIpc) is 3.14. The maximum atomic E-state index is 5.50. The van der Waals surface area contributed by atoms with Crippen molar-refractivity contribution < 1.29 is 4.74 Å². The molecule has 0 radical (unpaired) electrons. The van der Waals surface area contributed by atoms with Crippen molar-refractivity contribution in [3.63, 3.8) is 0 Å². The standard InChI is InChI=1S/C14H18Br2O/c1-8-6-13(17-3)11(7-12(8)15)14(16)9(2)10-4-5-10/h6-7,9-10,14H,4-5H2,1-3H3. The Morgan fingerprint density at radius 1 is 1.35 bits per heavy atom. The first-order valence-corrected chi connectivity index (χ1v) is 7.73. The van der Waals surface area contributed by atoms with Crippen LogP contribution in [0, 0.1) is 18.8 Å². The van der Waals surface area contributed by atoms with E-state index in [1.807, 2.05) is 0 Å². The van der Waals surface area contributed by atoms with Crippen LogP contribution in [0.2, 0.25) is 0 Å². The van der Waals surface area contributed by atoms with Crippen molar-refractivity contribution >= 4 is 31.9 Å². The van der Waals surface area contributed by atoms with Gasteiger partial charge in [0.05, 0.1) is 7.11 Å². The van der Waals surface area contributed by atoms with Crippen LogP contribution in [0.5, 0.6) is 5.75 Å². The molecule has 0 bridgehead atoms. The molecular weight excluding hydrogens is 344 g/mol. The molecule has 0 N–H and O–H groups in total. The zero-order chi connectivity index (χ0) is 12.6. The third-order valence-electron chi connectivity index (χ3n) is 3.64. The summed E-state index contributed by atoms with van der Waals surface area (Å²) in [5, 5.41) is 0.